The van der Waals surface area contributed by atoms with E-state index in [4.69, 9.17) is 5.11 Å². The van der Waals surface area contributed by atoms with E-state index in [0.29, 0.717) is 12.0 Å². The highest BCUT2D eigenvalue weighted by atomic mass is 32.2. The van der Waals surface area contributed by atoms with Gasteiger partial charge in [-0.15, -0.1) is 0 Å². The second kappa shape index (κ2) is 5.62. The van der Waals surface area contributed by atoms with Crippen LogP contribution < -0.4 is 4.72 Å². The first-order valence-corrected chi connectivity index (χ1v) is 7.14. The van der Waals surface area contributed by atoms with Gasteiger partial charge < -0.3 is 5.11 Å². The topological polar surface area (TPSA) is 66.4 Å². The fraction of sp³-hybridized carbons (Fsp3) is 0.500. The van der Waals surface area contributed by atoms with Crippen LogP contribution in [0.25, 0.3) is 0 Å². The van der Waals surface area contributed by atoms with E-state index in [2.05, 4.69) is 4.72 Å². The van der Waals surface area contributed by atoms with Crippen LogP contribution in [0.2, 0.25) is 0 Å². The predicted octanol–water partition coefficient (Wildman–Crippen LogP) is 1.43. The lowest BCUT2D eigenvalue weighted by atomic mass is 10.1. The first kappa shape index (κ1) is 14.2. The molecule has 96 valence electrons. The van der Waals surface area contributed by atoms with Gasteiger partial charge in [0.15, 0.2) is 0 Å². The fourth-order valence-electron chi connectivity index (χ4n) is 1.61. The van der Waals surface area contributed by atoms with Gasteiger partial charge in [-0.25, -0.2) is 13.1 Å². The molecule has 1 aromatic carbocycles. The molecule has 1 aromatic rings. The van der Waals surface area contributed by atoms with E-state index in [-0.39, 0.29) is 17.5 Å². The standard InChI is InChI=1S/C12H19NO3S/c1-4-11-6-5-10(8-14)7-12(11)17(15,16)13-9(2)3/h5-7,9,13-14H,4,8H2,1-3H3. The molecule has 17 heavy (non-hydrogen) atoms. The molecule has 0 aliphatic rings. The average Bonchev–Trinajstić information content (AvgIpc) is 2.26. The molecule has 4 nitrogen and oxygen atoms in total. The molecule has 1 rings (SSSR count). The second-order valence-electron chi connectivity index (χ2n) is 4.23. The van der Waals surface area contributed by atoms with E-state index in [1.807, 2.05) is 6.92 Å². The summed E-state index contributed by atoms with van der Waals surface area (Å²) >= 11 is 0. The van der Waals surface area contributed by atoms with Gasteiger partial charge in [-0.1, -0.05) is 19.1 Å². The third-order valence-electron chi connectivity index (χ3n) is 2.38. The summed E-state index contributed by atoms with van der Waals surface area (Å²) in [5.74, 6) is 0. The van der Waals surface area contributed by atoms with Crippen LogP contribution in [0, 0.1) is 0 Å². The number of hydrogen-bond donors (Lipinski definition) is 2. The Labute approximate surface area is 103 Å². The minimum Gasteiger partial charge on any atom is -0.392 e. The van der Waals surface area contributed by atoms with Crippen molar-refractivity contribution in [1.29, 1.82) is 0 Å². The summed E-state index contributed by atoms with van der Waals surface area (Å²) in [5.41, 5.74) is 1.36. The molecule has 2 N–H and O–H groups in total. The molecular weight excluding hydrogens is 238 g/mol. The molecule has 0 fully saturated rings. The maximum atomic E-state index is 12.1. The van der Waals surface area contributed by atoms with Crippen molar-refractivity contribution in [3.05, 3.63) is 29.3 Å². The highest BCUT2D eigenvalue weighted by molar-refractivity contribution is 7.89. The van der Waals surface area contributed by atoms with Crippen molar-refractivity contribution in [3.63, 3.8) is 0 Å². The third kappa shape index (κ3) is 3.52. The van der Waals surface area contributed by atoms with Gasteiger partial charge in [0.1, 0.15) is 0 Å². The van der Waals surface area contributed by atoms with Gasteiger partial charge >= 0.3 is 0 Å². The number of sulfonamides is 1. The van der Waals surface area contributed by atoms with Gasteiger partial charge in [-0.3, -0.25) is 0 Å². The summed E-state index contributed by atoms with van der Waals surface area (Å²) in [7, 11) is -3.50. The Morgan fingerprint density at radius 2 is 2.00 bits per heavy atom. The van der Waals surface area contributed by atoms with E-state index >= 15 is 0 Å². The van der Waals surface area contributed by atoms with Crippen LogP contribution >= 0.6 is 0 Å². The van der Waals surface area contributed by atoms with Crippen molar-refractivity contribution in [2.75, 3.05) is 0 Å². The lowest BCUT2D eigenvalue weighted by Gasteiger charge is -2.13. The number of benzene rings is 1. The minimum atomic E-state index is -3.50. The summed E-state index contributed by atoms with van der Waals surface area (Å²) < 4.78 is 26.7. The summed E-state index contributed by atoms with van der Waals surface area (Å²) in [6.07, 6.45) is 0.639. The second-order valence-corrected chi connectivity index (χ2v) is 5.91. The first-order valence-electron chi connectivity index (χ1n) is 5.65. The van der Waals surface area contributed by atoms with Crippen molar-refractivity contribution >= 4 is 10.0 Å². The Bertz CT molecular complexity index is 481. The first-order chi connectivity index (χ1) is 7.90. The van der Waals surface area contributed by atoms with Gasteiger partial charge in [-0.05, 0) is 37.5 Å². The number of rotatable bonds is 5. The van der Waals surface area contributed by atoms with Gasteiger partial charge in [0.05, 0.1) is 11.5 Å². The molecule has 0 aliphatic carbocycles. The van der Waals surface area contributed by atoms with Crippen molar-refractivity contribution in [2.45, 2.75) is 44.7 Å². The fourth-order valence-corrected chi connectivity index (χ4v) is 3.22. The highest BCUT2D eigenvalue weighted by Gasteiger charge is 2.19. The lowest BCUT2D eigenvalue weighted by molar-refractivity contribution is 0.281. The van der Waals surface area contributed by atoms with Crippen molar-refractivity contribution < 1.29 is 13.5 Å². The number of nitrogens with one attached hydrogen (secondary N) is 1. The molecule has 0 atom stereocenters. The Hall–Kier alpha value is -0.910. The third-order valence-corrected chi connectivity index (χ3v) is 4.12. The van der Waals surface area contributed by atoms with Crippen LogP contribution in [-0.2, 0) is 23.1 Å². The van der Waals surface area contributed by atoms with Crippen LogP contribution in [0.5, 0.6) is 0 Å². The summed E-state index contributed by atoms with van der Waals surface area (Å²) in [5, 5.41) is 9.06. The Balaban J connectivity index is 3.27. The number of aryl methyl sites for hydroxylation is 1. The molecule has 0 bridgehead atoms. The van der Waals surface area contributed by atoms with E-state index in [9.17, 15) is 8.42 Å². The van der Waals surface area contributed by atoms with Crippen molar-refractivity contribution in [2.24, 2.45) is 0 Å². The summed E-state index contributed by atoms with van der Waals surface area (Å²) in [6, 6.07) is 4.87. The van der Waals surface area contributed by atoms with Crippen molar-refractivity contribution in [3.8, 4) is 0 Å². The molecule has 0 unspecified atom stereocenters. The normalized spacial score (nSPS) is 12.1. The molecule has 0 saturated heterocycles. The Kier molecular flexibility index (Phi) is 4.68. The average molecular weight is 257 g/mol. The van der Waals surface area contributed by atoms with Gasteiger partial charge in [-0.2, -0.15) is 0 Å². The number of hydrogen-bond acceptors (Lipinski definition) is 3. The zero-order valence-electron chi connectivity index (χ0n) is 10.4. The van der Waals surface area contributed by atoms with Crippen LogP contribution in [0.1, 0.15) is 31.9 Å². The zero-order valence-corrected chi connectivity index (χ0v) is 11.2. The number of aliphatic hydroxyl groups is 1. The number of aliphatic hydroxyl groups excluding tert-OH is 1. The molecule has 0 amide bonds. The molecule has 5 heteroatoms. The van der Waals surface area contributed by atoms with E-state index in [1.165, 1.54) is 6.07 Å². The largest absolute Gasteiger partial charge is 0.392 e. The molecular formula is C12H19NO3S. The molecule has 0 heterocycles. The van der Waals surface area contributed by atoms with Crippen molar-refractivity contribution in [1.82, 2.24) is 4.72 Å². The molecule has 0 spiro atoms. The highest BCUT2D eigenvalue weighted by Crippen LogP contribution is 2.19. The van der Waals surface area contributed by atoms with E-state index < -0.39 is 10.0 Å². The van der Waals surface area contributed by atoms with Gasteiger partial charge in [0.2, 0.25) is 10.0 Å². The smallest absolute Gasteiger partial charge is 0.241 e. The van der Waals surface area contributed by atoms with Crippen LogP contribution in [-0.4, -0.2) is 19.6 Å². The van der Waals surface area contributed by atoms with E-state index in [0.717, 1.165) is 5.56 Å². The van der Waals surface area contributed by atoms with Gasteiger partial charge in [0, 0.05) is 6.04 Å². The Morgan fingerprint density at radius 3 is 2.47 bits per heavy atom. The summed E-state index contributed by atoms with van der Waals surface area (Å²) in [4.78, 5) is 0.264. The zero-order chi connectivity index (χ0) is 13.1. The maximum absolute atomic E-state index is 12.1. The molecule has 0 saturated carbocycles. The van der Waals surface area contributed by atoms with Gasteiger partial charge in [0.25, 0.3) is 0 Å². The summed E-state index contributed by atoms with van der Waals surface area (Å²) in [6.45, 7) is 5.30. The molecule has 0 radical (unpaired) electrons. The minimum absolute atomic E-state index is 0.150. The predicted molar refractivity (Wildman–Crippen MR) is 67.2 cm³/mol. The Morgan fingerprint density at radius 1 is 1.35 bits per heavy atom. The van der Waals surface area contributed by atoms with E-state index in [1.54, 1.807) is 26.0 Å². The maximum Gasteiger partial charge on any atom is 0.241 e. The van der Waals surface area contributed by atoms with Crippen LogP contribution in [0.4, 0.5) is 0 Å². The van der Waals surface area contributed by atoms with Crippen LogP contribution in [0.3, 0.4) is 0 Å². The van der Waals surface area contributed by atoms with Crippen LogP contribution in [0.15, 0.2) is 23.1 Å². The monoisotopic (exact) mass is 257 g/mol. The molecule has 0 aliphatic heterocycles. The quantitative estimate of drug-likeness (QED) is 0.838. The lowest BCUT2D eigenvalue weighted by Crippen LogP contribution is -2.31. The SMILES string of the molecule is CCc1ccc(CO)cc1S(=O)(=O)NC(C)C. The molecule has 0 aromatic heterocycles.